The molecule has 1 N–H and O–H groups in total. The molecule has 0 fully saturated rings. The van der Waals surface area contributed by atoms with Gasteiger partial charge in [-0.25, -0.2) is 13.1 Å². The molecule has 0 saturated carbocycles. The van der Waals surface area contributed by atoms with Crippen molar-refractivity contribution in [1.82, 2.24) is 4.72 Å². The van der Waals surface area contributed by atoms with Gasteiger partial charge in [0.15, 0.2) is 11.5 Å². The molecule has 0 bridgehead atoms. The summed E-state index contributed by atoms with van der Waals surface area (Å²) in [5.41, 5.74) is 0.696. The maximum Gasteiger partial charge on any atom is 0.306 e. The molecule has 1 aliphatic rings. The third-order valence-corrected chi connectivity index (χ3v) is 6.50. The highest BCUT2D eigenvalue weighted by molar-refractivity contribution is 7.89. The summed E-state index contributed by atoms with van der Waals surface area (Å²) < 4.78 is 48.8. The molecule has 10 heteroatoms. The fraction of sp³-hybridized carbons (Fsp3) is 0.409. The quantitative estimate of drug-likeness (QED) is 0.384. The molecule has 0 aromatic heterocycles. The van der Waals surface area contributed by atoms with Crippen molar-refractivity contribution in [1.29, 1.82) is 0 Å². The molecule has 2 aromatic carbocycles. The third-order valence-electron chi connectivity index (χ3n) is 4.80. The second kappa shape index (κ2) is 11.4. The summed E-state index contributed by atoms with van der Waals surface area (Å²) in [6.07, 6.45) is 2.12. The van der Waals surface area contributed by atoms with Gasteiger partial charge in [-0.3, -0.25) is 4.79 Å². The molecule has 3 rings (SSSR count). The monoisotopic (exact) mass is 483 g/mol. The molecule has 8 nitrogen and oxygen atoms in total. The highest BCUT2D eigenvalue weighted by Gasteiger charge is 2.19. The molecule has 174 valence electrons. The summed E-state index contributed by atoms with van der Waals surface area (Å²) in [7, 11) is -2.11. The molecule has 32 heavy (non-hydrogen) atoms. The van der Waals surface area contributed by atoms with Crippen LogP contribution >= 0.6 is 11.6 Å². The number of rotatable bonds is 11. The summed E-state index contributed by atoms with van der Waals surface area (Å²) in [5, 5.41) is 0.538. The van der Waals surface area contributed by atoms with Gasteiger partial charge in [0.05, 0.1) is 12.0 Å². The fourth-order valence-corrected chi connectivity index (χ4v) is 4.43. The first-order valence-corrected chi connectivity index (χ1v) is 12.1. The van der Waals surface area contributed by atoms with Gasteiger partial charge in [0.1, 0.15) is 25.6 Å². The van der Waals surface area contributed by atoms with E-state index in [1.165, 1.54) is 19.2 Å². The van der Waals surface area contributed by atoms with Crippen molar-refractivity contribution >= 4 is 27.6 Å². The summed E-state index contributed by atoms with van der Waals surface area (Å²) >= 11 is 5.97. The Morgan fingerprint density at radius 2 is 1.84 bits per heavy atom. The second-order valence-corrected chi connectivity index (χ2v) is 9.33. The summed E-state index contributed by atoms with van der Waals surface area (Å²) in [6, 6.07) is 9.66. The summed E-state index contributed by atoms with van der Waals surface area (Å²) in [6.45, 7) is 1.18. The first-order valence-electron chi connectivity index (χ1n) is 10.3. The van der Waals surface area contributed by atoms with Crippen LogP contribution in [0.5, 0.6) is 17.2 Å². The molecule has 0 saturated heterocycles. The first-order chi connectivity index (χ1) is 15.4. The van der Waals surface area contributed by atoms with E-state index < -0.39 is 10.0 Å². The van der Waals surface area contributed by atoms with E-state index in [-0.39, 0.29) is 30.4 Å². The average Bonchev–Trinajstić information content (AvgIpc) is 2.79. The van der Waals surface area contributed by atoms with Crippen molar-refractivity contribution in [3.63, 3.8) is 0 Å². The van der Waals surface area contributed by atoms with Crippen LogP contribution in [-0.4, -0.2) is 41.3 Å². The lowest BCUT2D eigenvalue weighted by Gasteiger charge is -2.18. The van der Waals surface area contributed by atoms with Crippen LogP contribution in [0.15, 0.2) is 41.3 Å². The average molecular weight is 484 g/mol. The minimum absolute atomic E-state index is 0.0812. The number of esters is 1. The van der Waals surface area contributed by atoms with Crippen molar-refractivity contribution in [2.45, 2.75) is 37.2 Å². The van der Waals surface area contributed by atoms with E-state index in [4.69, 9.17) is 30.5 Å². The number of hydrogen-bond donors (Lipinski definition) is 1. The van der Waals surface area contributed by atoms with Crippen LogP contribution in [0, 0.1) is 0 Å². The zero-order valence-electron chi connectivity index (χ0n) is 17.8. The van der Waals surface area contributed by atoms with Crippen LogP contribution in [0.4, 0.5) is 0 Å². The molecule has 1 aliphatic heterocycles. The Hall–Kier alpha value is -2.49. The molecular weight excluding hydrogens is 458 g/mol. The zero-order valence-corrected chi connectivity index (χ0v) is 19.3. The standard InChI is InChI=1S/C22H26ClNO7S/c1-28-19-8-6-17(23)13-16(19)15-31-22(25)5-3-2-4-10-24-32(26,27)18-7-9-20-21(14-18)30-12-11-29-20/h6-9,13-14,24H,2-5,10-12,15H2,1H3. The summed E-state index contributed by atoms with van der Waals surface area (Å²) in [4.78, 5) is 12.1. The number of hydrogen-bond acceptors (Lipinski definition) is 7. The molecule has 0 spiro atoms. The Morgan fingerprint density at radius 3 is 2.62 bits per heavy atom. The lowest BCUT2D eigenvalue weighted by Crippen LogP contribution is -2.25. The number of unbranched alkanes of at least 4 members (excludes halogenated alkanes) is 2. The number of carbonyl (C=O) groups excluding carboxylic acids is 1. The Morgan fingerprint density at radius 1 is 1.06 bits per heavy atom. The topological polar surface area (TPSA) is 100 Å². The van der Waals surface area contributed by atoms with Crippen molar-refractivity contribution in [3.05, 3.63) is 47.0 Å². The first kappa shape index (κ1) is 24.2. The van der Waals surface area contributed by atoms with Crippen molar-refractivity contribution in [2.75, 3.05) is 26.9 Å². The van der Waals surface area contributed by atoms with Gasteiger partial charge in [-0.05, 0) is 43.2 Å². The van der Waals surface area contributed by atoms with Crippen LogP contribution in [0.1, 0.15) is 31.2 Å². The van der Waals surface area contributed by atoms with Gasteiger partial charge in [0.2, 0.25) is 10.0 Å². The van der Waals surface area contributed by atoms with E-state index in [1.807, 2.05) is 0 Å². The van der Waals surface area contributed by atoms with Gasteiger partial charge in [-0.1, -0.05) is 18.0 Å². The maximum absolute atomic E-state index is 12.5. The van der Waals surface area contributed by atoms with Crippen LogP contribution < -0.4 is 18.9 Å². The molecule has 0 amide bonds. The van der Waals surface area contributed by atoms with E-state index in [0.717, 1.165) is 0 Å². The predicted molar refractivity (Wildman–Crippen MR) is 119 cm³/mol. The normalized spacial score (nSPS) is 12.9. The Bertz CT molecular complexity index is 1040. The molecule has 0 radical (unpaired) electrons. The smallest absolute Gasteiger partial charge is 0.306 e. The van der Waals surface area contributed by atoms with Crippen molar-refractivity contribution < 1.29 is 32.2 Å². The fourth-order valence-electron chi connectivity index (χ4n) is 3.14. The van der Waals surface area contributed by atoms with E-state index in [9.17, 15) is 13.2 Å². The van der Waals surface area contributed by atoms with Crippen molar-refractivity contribution in [2.24, 2.45) is 0 Å². The molecule has 2 aromatic rings. The van der Waals surface area contributed by atoms with Crippen LogP contribution in [-0.2, 0) is 26.2 Å². The highest BCUT2D eigenvalue weighted by atomic mass is 35.5. The Balaban J connectivity index is 1.35. The van der Waals surface area contributed by atoms with Gasteiger partial charge in [-0.2, -0.15) is 0 Å². The van der Waals surface area contributed by atoms with Crippen molar-refractivity contribution in [3.8, 4) is 17.2 Å². The van der Waals surface area contributed by atoms with Gasteiger partial charge in [0, 0.05) is 29.6 Å². The number of benzene rings is 2. The number of ether oxygens (including phenoxy) is 4. The van der Waals surface area contributed by atoms with Gasteiger partial charge >= 0.3 is 5.97 Å². The summed E-state index contributed by atoms with van der Waals surface area (Å²) in [5.74, 6) is 1.24. The lowest BCUT2D eigenvalue weighted by atomic mass is 10.2. The minimum Gasteiger partial charge on any atom is -0.496 e. The molecule has 0 unspecified atom stereocenters. The van der Waals surface area contributed by atoms with Gasteiger partial charge < -0.3 is 18.9 Å². The number of methoxy groups -OCH3 is 1. The van der Waals surface area contributed by atoms with E-state index in [2.05, 4.69) is 4.72 Å². The third kappa shape index (κ3) is 6.75. The van der Waals surface area contributed by atoms with E-state index in [1.54, 1.807) is 24.3 Å². The molecule has 0 atom stereocenters. The lowest BCUT2D eigenvalue weighted by molar-refractivity contribution is -0.145. The number of nitrogens with one attached hydrogen (secondary N) is 1. The second-order valence-electron chi connectivity index (χ2n) is 7.13. The minimum atomic E-state index is -3.65. The van der Waals surface area contributed by atoms with Crippen LogP contribution in [0.3, 0.4) is 0 Å². The number of carbonyl (C=O) groups is 1. The maximum atomic E-state index is 12.5. The zero-order chi connectivity index (χ0) is 23.0. The Labute approximate surface area is 192 Å². The van der Waals surface area contributed by atoms with Crippen LogP contribution in [0.25, 0.3) is 0 Å². The SMILES string of the molecule is COc1ccc(Cl)cc1COC(=O)CCCCCNS(=O)(=O)c1ccc2c(c1)OCCO2. The number of fused-ring (bicyclic) bond motifs is 1. The highest BCUT2D eigenvalue weighted by Crippen LogP contribution is 2.32. The largest absolute Gasteiger partial charge is 0.496 e. The molecule has 0 aliphatic carbocycles. The van der Waals surface area contributed by atoms with E-state index in [0.29, 0.717) is 60.3 Å². The predicted octanol–water partition coefficient (Wildman–Crippen LogP) is 3.70. The molecule has 1 heterocycles. The van der Waals surface area contributed by atoms with Gasteiger partial charge in [0.25, 0.3) is 0 Å². The number of sulfonamides is 1. The molecular formula is C22H26ClNO7S. The number of halogens is 1. The Kier molecular flexibility index (Phi) is 8.60. The van der Waals surface area contributed by atoms with Crippen LogP contribution in [0.2, 0.25) is 5.02 Å². The van der Waals surface area contributed by atoms with E-state index >= 15 is 0 Å². The van der Waals surface area contributed by atoms with Gasteiger partial charge in [-0.15, -0.1) is 0 Å².